The van der Waals surface area contributed by atoms with E-state index in [0.29, 0.717) is 37.4 Å². The highest BCUT2D eigenvalue weighted by molar-refractivity contribution is 5.98. The van der Waals surface area contributed by atoms with Gasteiger partial charge in [-0.25, -0.2) is 0 Å². The van der Waals surface area contributed by atoms with Gasteiger partial charge in [-0.3, -0.25) is 9.59 Å². The summed E-state index contributed by atoms with van der Waals surface area (Å²) in [6.45, 7) is 2.25. The maximum atomic E-state index is 14.0. The Kier molecular flexibility index (Phi) is 10.6. The highest BCUT2D eigenvalue weighted by Crippen LogP contribution is 2.26. The first-order valence-electron chi connectivity index (χ1n) is 14.0. The van der Waals surface area contributed by atoms with Crippen LogP contribution in [0.25, 0.3) is 0 Å². The fourth-order valence-electron chi connectivity index (χ4n) is 5.41. The fourth-order valence-corrected chi connectivity index (χ4v) is 5.41. The Bertz CT molecular complexity index is 1190. The highest BCUT2D eigenvalue weighted by Gasteiger charge is 2.29. The van der Waals surface area contributed by atoms with Crippen LogP contribution in [0.15, 0.2) is 72.9 Å². The van der Waals surface area contributed by atoms with Crippen LogP contribution in [0.5, 0.6) is 5.75 Å². The number of aromatic nitrogens is 1. The molecule has 1 aliphatic carbocycles. The third-order valence-electron chi connectivity index (χ3n) is 7.51. The molecule has 0 atom stereocenters. The van der Waals surface area contributed by atoms with Gasteiger partial charge in [0.2, 0.25) is 5.91 Å². The Morgan fingerprint density at radius 2 is 1.67 bits per heavy atom. The summed E-state index contributed by atoms with van der Waals surface area (Å²) in [5.41, 5.74) is 2.78. The third-order valence-corrected chi connectivity index (χ3v) is 7.51. The Balaban J connectivity index is 1.56. The Morgan fingerprint density at radius 3 is 2.41 bits per heavy atom. The van der Waals surface area contributed by atoms with Crippen LogP contribution < -0.4 is 4.74 Å². The van der Waals surface area contributed by atoms with E-state index in [4.69, 9.17) is 9.47 Å². The molecule has 2 aromatic carbocycles. The molecule has 3 aromatic rings. The van der Waals surface area contributed by atoms with Crippen molar-refractivity contribution in [1.29, 1.82) is 0 Å². The van der Waals surface area contributed by atoms with Gasteiger partial charge in [-0.1, -0.05) is 61.7 Å². The predicted molar refractivity (Wildman–Crippen MR) is 153 cm³/mol. The lowest BCUT2D eigenvalue weighted by molar-refractivity contribution is -0.135. The Hall–Kier alpha value is -3.58. The van der Waals surface area contributed by atoms with Crippen LogP contribution in [0.3, 0.4) is 0 Å². The summed E-state index contributed by atoms with van der Waals surface area (Å²) in [4.78, 5) is 31.4. The van der Waals surface area contributed by atoms with E-state index >= 15 is 0 Å². The van der Waals surface area contributed by atoms with Crippen molar-refractivity contribution < 1.29 is 19.1 Å². The molecule has 0 saturated heterocycles. The minimum absolute atomic E-state index is 0.0185. The molecule has 0 bridgehead atoms. The lowest BCUT2D eigenvalue weighted by Gasteiger charge is -2.36. The fraction of sp³-hybridized carbons (Fsp3) is 0.438. The molecular formula is C32H41N3O4. The maximum Gasteiger partial charge on any atom is 0.258 e. The quantitative estimate of drug-likeness (QED) is 0.278. The normalized spacial score (nSPS) is 13.7. The van der Waals surface area contributed by atoms with E-state index in [1.165, 1.54) is 12.0 Å². The van der Waals surface area contributed by atoms with Gasteiger partial charge in [0.1, 0.15) is 12.3 Å². The van der Waals surface area contributed by atoms with Crippen LogP contribution in [-0.4, -0.2) is 66.1 Å². The molecule has 1 saturated carbocycles. The zero-order valence-corrected chi connectivity index (χ0v) is 23.3. The van der Waals surface area contributed by atoms with E-state index in [2.05, 4.69) is 29.0 Å². The Labute approximate surface area is 232 Å². The molecule has 4 rings (SSSR count). The summed E-state index contributed by atoms with van der Waals surface area (Å²) in [7, 11) is 3.20. The average Bonchev–Trinajstić information content (AvgIpc) is 3.42. The maximum absolute atomic E-state index is 14.0. The molecule has 0 unspecified atom stereocenters. The lowest BCUT2D eigenvalue weighted by atomic mass is 9.94. The molecule has 1 aliphatic rings. The first kappa shape index (κ1) is 28.4. The molecule has 1 heterocycles. The van der Waals surface area contributed by atoms with Gasteiger partial charge in [0.05, 0.1) is 19.2 Å². The van der Waals surface area contributed by atoms with Crippen LogP contribution in [0, 0.1) is 0 Å². The van der Waals surface area contributed by atoms with Crippen LogP contribution in [0.1, 0.15) is 60.1 Å². The molecule has 0 N–H and O–H groups in total. The number of methoxy groups -OCH3 is 2. The molecule has 7 nitrogen and oxygen atoms in total. The van der Waals surface area contributed by atoms with Crippen molar-refractivity contribution >= 4 is 11.8 Å². The number of amides is 2. The van der Waals surface area contributed by atoms with Crippen LogP contribution >= 0.6 is 0 Å². The summed E-state index contributed by atoms with van der Waals surface area (Å²) >= 11 is 0. The molecular weight excluding hydrogens is 490 g/mol. The minimum atomic E-state index is -0.201. The SMILES string of the molecule is COCCCN(CC(=O)N(Cc1cccn1Cc1ccccc1)C1CCCCC1)C(=O)c1ccccc1OC. The van der Waals surface area contributed by atoms with Gasteiger partial charge in [-0.05, 0) is 49.1 Å². The third kappa shape index (κ3) is 7.73. The van der Waals surface area contributed by atoms with Gasteiger partial charge < -0.3 is 23.8 Å². The highest BCUT2D eigenvalue weighted by atomic mass is 16.5. The van der Waals surface area contributed by atoms with Crippen molar-refractivity contribution in [2.45, 2.75) is 57.7 Å². The number of para-hydroxylation sites is 1. The average molecular weight is 532 g/mol. The number of carbonyl (C=O) groups excluding carboxylic acids is 2. The van der Waals surface area contributed by atoms with Gasteiger partial charge in [-0.15, -0.1) is 0 Å². The van der Waals surface area contributed by atoms with Crippen molar-refractivity contribution in [1.82, 2.24) is 14.4 Å². The van der Waals surface area contributed by atoms with E-state index in [1.807, 2.05) is 41.3 Å². The van der Waals surface area contributed by atoms with Gasteiger partial charge in [0.15, 0.2) is 0 Å². The summed E-state index contributed by atoms with van der Waals surface area (Å²) in [6, 6.07) is 21.9. The standard InChI is InChI=1S/C32H41N3O4/c1-38-22-12-21-34(32(37)29-18-9-10-19-30(29)39-2)25-31(36)35(27-15-7-4-8-16-27)24-28-17-11-20-33(28)23-26-13-5-3-6-14-26/h3,5-6,9-11,13-14,17-20,27H,4,7-8,12,15-16,21-25H2,1-2H3. The second kappa shape index (κ2) is 14.5. The van der Waals surface area contributed by atoms with Crippen LogP contribution in [0.4, 0.5) is 0 Å². The number of rotatable bonds is 13. The number of nitrogens with zero attached hydrogens (tertiary/aromatic N) is 3. The van der Waals surface area contributed by atoms with Gasteiger partial charge >= 0.3 is 0 Å². The van der Waals surface area contributed by atoms with Crippen molar-refractivity contribution in [3.05, 3.63) is 89.7 Å². The van der Waals surface area contributed by atoms with Crippen LogP contribution in [-0.2, 0) is 22.6 Å². The lowest BCUT2D eigenvalue weighted by Crippen LogP contribution is -2.48. The first-order valence-corrected chi connectivity index (χ1v) is 14.0. The van der Waals surface area contributed by atoms with E-state index in [9.17, 15) is 9.59 Å². The monoisotopic (exact) mass is 531 g/mol. The van der Waals surface area contributed by atoms with Gasteiger partial charge in [-0.2, -0.15) is 0 Å². The number of hydrogen-bond donors (Lipinski definition) is 0. The Morgan fingerprint density at radius 1 is 0.923 bits per heavy atom. The number of carbonyl (C=O) groups is 2. The number of ether oxygens (including phenoxy) is 2. The van der Waals surface area contributed by atoms with Crippen molar-refractivity contribution in [2.75, 3.05) is 33.9 Å². The molecule has 1 aromatic heterocycles. The summed E-state index contributed by atoms with van der Waals surface area (Å²) < 4.78 is 12.9. The predicted octanol–water partition coefficient (Wildman–Crippen LogP) is 5.39. The topological polar surface area (TPSA) is 64.0 Å². The van der Waals surface area contributed by atoms with Crippen molar-refractivity contribution in [3.63, 3.8) is 0 Å². The number of hydrogen-bond acceptors (Lipinski definition) is 4. The van der Waals surface area contributed by atoms with Crippen LogP contribution in [0.2, 0.25) is 0 Å². The summed E-state index contributed by atoms with van der Waals surface area (Å²) in [5.74, 6) is 0.289. The first-order chi connectivity index (χ1) is 19.1. The van der Waals surface area contributed by atoms with E-state index in [-0.39, 0.29) is 24.4 Å². The molecule has 0 radical (unpaired) electrons. The molecule has 1 fully saturated rings. The molecule has 2 amide bonds. The smallest absolute Gasteiger partial charge is 0.258 e. The van der Waals surface area contributed by atoms with E-state index < -0.39 is 0 Å². The summed E-state index contributed by atoms with van der Waals surface area (Å²) in [6.07, 6.45) is 8.17. The minimum Gasteiger partial charge on any atom is -0.496 e. The molecule has 0 aliphatic heterocycles. The van der Waals surface area contributed by atoms with E-state index in [0.717, 1.165) is 37.9 Å². The zero-order valence-electron chi connectivity index (χ0n) is 23.3. The molecule has 7 heteroatoms. The largest absolute Gasteiger partial charge is 0.496 e. The van der Waals surface area contributed by atoms with Gasteiger partial charge in [0.25, 0.3) is 5.91 Å². The van der Waals surface area contributed by atoms with Crippen molar-refractivity contribution in [3.8, 4) is 5.75 Å². The molecule has 39 heavy (non-hydrogen) atoms. The molecule has 208 valence electrons. The summed E-state index contributed by atoms with van der Waals surface area (Å²) in [5, 5.41) is 0. The zero-order chi connectivity index (χ0) is 27.5. The molecule has 0 spiro atoms. The van der Waals surface area contributed by atoms with E-state index in [1.54, 1.807) is 31.3 Å². The second-order valence-corrected chi connectivity index (χ2v) is 10.2. The van der Waals surface area contributed by atoms with Crippen molar-refractivity contribution in [2.24, 2.45) is 0 Å². The second-order valence-electron chi connectivity index (χ2n) is 10.2. The van der Waals surface area contributed by atoms with Gasteiger partial charge in [0, 0.05) is 44.7 Å². The number of benzene rings is 2.